The predicted molar refractivity (Wildman–Crippen MR) is 100 cm³/mol. The topological polar surface area (TPSA) is 29.6 Å². The highest BCUT2D eigenvalue weighted by atomic mass is 32.1. The SMILES string of the molecule is C=CCN=c1scc(-c2ccccc2F)n1N=Cc1ccc(C)s1. The zero-order valence-corrected chi connectivity index (χ0v) is 14.8. The van der Waals surface area contributed by atoms with Gasteiger partial charge in [0.1, 0.15) is 5.82 Å². The van der Waals surface area contributed by atoms with Crippen molar-refractivity contribution in [3.05, 3.63) is 74.8 Å². The average Bonchev–Trinajstić information content (AvgIpc) is 3.17. The van der Waals surface area contributed by atoms with Crippen molar-refractivity contribution >= 4 is 28.9 Å². The molecule has 0 aliphatic rings. The minimum Gasteiger partial charge on any atom is -0.253 e. The van der Waals surface area contributed by atoms with Crippen LogP contribution < -0.4 is 4.80 Å². The number of aryl methyl sites for hydroxylation is 1. The summed E-state index contributed by atoms with van der Waals surface area (Å²) in [5.74, 6) is -0.276. The third kappa shape index (κ3) is 3.60. The van der Waals surface area contributed by atoms with E-state index in [1.54, 1.807) is 40.4 Å². The molecule has 24 heavy (non-hydrogen) atoms. The molecule has 0 amide bonds. The summed E-state index contributed by atoms with van der Waals surface area (Å²) in [4.78, 5) is 7.42. The fourth-order valence-corrected chi connectivity index (χ4v) is 3.74. The maximum Gasteiger partial charge on any atom is 0.206 e. The molecule has 2 aromatic heterocycles. The minimum atomic E-state index is -0.276. The Hall–Kier alpha value is -2.31. The highest BCUT2D eigenvalue weighted by Gasteiger charge is 2.11. The molecular formula is C18H16FN3S2. The normalized spacial score (nSPS) is 12.2. The number of benzene rings is 1. The molecule has 0 radical (unpaired) electrons. The Morgan fingerprint density at radius 2 is 2.08 bits per heavy atom. The monoisotopic (exact) mass is 357 g/mol. The van der Waals surface area contributed by atoms with Crippen LogP contribution in [-0.4, -0.2) is 17.4 Å². The van der Waals surface area contributed by atoms with Crippen molar-refractivity contribution in [2.75, 3.05) is 6.54 Å². The molecule has 0 bridgehead atoms. The molecule has 0 spiro atoms. The third-order valence-corrected chi connectivity index (χ3v) is 5.04. The number of hydrogen-bond acceptors (Lipinski definition) is 4. The second kappa shape index (κ2) is 7.51. The van der Waals surface area contributed by atoms with Gasteiger partial charge in [-0.05, 0) is 31.2 Å². The van der Waals surface area contributed by atoms with Crippen molar-refractivity contribution < 1.29 is 4.39 Å². The lowest BCUT2D eigenvalue weighted by atomic mass is 10.1. The van der Waals surface area contributed by atoms with E-state index in [-0.39, 0.29) is 5.82 Å². The van der Waals surface area contributed by atoms with E-state index in [4.69, 9.17) is 0 Å². The van der Waals surface area contributed by atoms with E-state index in [0.717, 1.165) is 4.88 Å². The number of thiazole rings is 1. The first kappa shape index (κ1) is 16.5. The van der Waals surface area contributed by atoms with Crippen molar-refractivity contribution in [1.82, 2.24) is 4.68 Å². The van der Waals surface area contributed by atoms with Gasteiger partial charge in [-0.25, -0.2) is 9.07 Å². The van der Waals surface area contributed by atoms with Gasteiger partial charge in [-0.3, -0.25) is 4.99 Å². The number of rotatable bonds is 5. The fraction of sp³-hybridized carbons (Fsp3) is 0.111. The highest BCUT2D eigenvalue weighted by Crippen LogP contribution is 2.23. The average molecular weight is 357 g/mol. The predicted octanol–water partition coefficient (Wildman–Crippen LogP) is 4.69. The van der Waals surface area contributed by atoms with Crippen LogP contribution in [0.2, 0.25) is 0 Å². The Balaban J connectivity index is 2.10. The van der Waals surface area contributed by atoms with E-state index < -0.39 is 0 Å². The van der Waals surface area contributed by atoms with Gasteiger partial charge in [-0.1, -0.05) is 18.2 Å². The summed E-state index contributed by atoms with van der Waals surface area (Å²) in [6.45, 7) is 6.23. The molecule has 0 aliphatic carbocycles. The zero-order valence-electron chi connectivity index (χ0n) is 13.1. The van der Waals surface area contributed by atoms with Gasteiger partial charge >= 0.3 is 0 Å². The minimum absolute atomic E-state index is 0.276. The Morgan fingerprint density at radius 1 is 1.25 bits per heavy atom. The molecule has 0 saturated heterocycles. The molecule has 3 aromatic rings. The van der Waals surface area contributed by atoms with Gasteiger partial charge in [0.05, 0.1) is 18.5 Å². The molecule has 0 atom stereocenters. The zero-order chi connectivity index (χ0) is 16.9. The summed E-state index contributed by atoms with van der Waals surface area (Å²) in [6, 6.07) is 10.7. The summed E-state index contributed by atoms with van der Waals surface area (Å²) >= 11 is 3.09. The van der Waals surface area contributed by atoms with Gasteiger partial charge in [-0.15, -0.1) is 29.3 Å². The first-order valence-electron chi connectivity index (χ1n) is 7.36. The summed E-state index contributed by atoms with van der Waals surface area (Å²) in [6.07, 6.45) is 3.50. The van der Waals surface area contributed by atoms with Crippen LogP contribution in [-0.2, 0) is 0 Å². The molecule has 1 aromatic carbocycles. The van der Waals surface area contributed by atoms with Crippen LogP contribution in [0.5, 0.6) is 0 Å². The lowest BCUT2D eigenvalue weighted by molar-refractivity contribution is 0.629. The molecule has 122 valence electrons. The summed E-state index contributed by atoms with van der Waals surface area (Å²) in [5.41, 5.74) is 1.19. The van der Waals surface area contributed by atoms with Crippen LogP contribution in [0.25, 0.3) is 11.3 Å². The molecule has 0 aliphatic heterocycles. The lowest BCUT2D eigenvalue weighted by Gasteiger charge is -2.04. The van der Waals surface area contributed by atoms with Crippen molar-refractivity contribution in [3.63, 3.8) is 0 Å². The number of thiophene rings is 1. The standard InChI is InChI=1S/C18H16FN3S2/c1-3-10-20-18-22(21-11-14-9-8-13(2)24-14)17(12-23-18)15-6-4-5-7-16(15)19/h3-9,11-12H,1,10H2,2H3. The van der Waals surface area contributed by atoms with E-state index in [2.05, 4.69) is 23.6 Å². The number of nitrogens with zero attached hydrogens (tertiary/aromatic N) is 3. The number of aromatic nitrogens is 1. The Kier molecular flexibility index (Phi) is 5.17. The molecule has 2 heterocycles. The maximum atomic E-state index is 14.2. The summed E-state index contributed by atoms with van der Waals surface area (Å²) in [7, 11) is 0. The molecule has 0 N–H and O–H groups in total. The molecule has 3 rings (SSSR count). The van der Waals surface area contributed by atoms with E-state index in [1.165, 1.54) is 22.3 Å². The van der Waals surface area contributed by atoms with E-state index in [1.807, 2.05) is 23.6 Å². The second-order valence-electron chi connectivity index (χ2n) is 5.02. The van der Waals surface area contributed by atoms with Crippen LogP contribution in [0, 0.1) is 12.7 Å². The van der Waals surface area contributed by atoms with Gasteiger partial charge in [0.25, 0.3) is 0 Å². The van der Waals surface area contributed by atoms with Gasteiger partial charge in [0, 0.05) is 20.7 Å². The maximum absolute atomic E-state index is 14.2. The van der Waals surface area contributed by atoms with Crippen LogP contribution in [0.15, 0.2) is 64.5 Å². The Labute approximate surface area is 147 Å². The van der Waals surface area contributed by atoms with Gasteiger partial charge in [-0.2, -0.15) is 5.10 Å². The van der Waals surface area contributed by atoms with Crippen molar-refractivity contribution in [3.8, 4) is 11.3 Å². The van der Waals surface area contributed by atoms with Crippen molar-refractivity contribution in [1.29, 1.82) is 0 Å². The molecule has 0 saturated carbocycles. The van der Waals surface area contributed by atoms with E-state index >= 15 is 0 Å². The van der Waals surface area contributed by atoms with Crippen molar-refractivity contribution in [2.45, 2.75) is 6.92 Å². The first-order chi connectivity index (χ1) is 11.7. The molecule has 3 nitrogen and oxygen atoms in total. The smallest absolute Gasteiger partial charge is 0.206 e. The fourth-order valence-electron chi connectivity index (χ4n) is 2.15. The molecular weight excluding hydrogens is 341 g/mol. The van der Waals surface area contributed by atoms with Gasteiger partial charge in [0.2, 0.25) is 4.80 Å². The Morgan fingerprint density at radius 3 is 2.79 bits per heavy atom. The number of halogens is 1. The molecule has 6 heteroatoms. The van der Waals surface area contributed by atoms with Gasteiger partial charge in [0.15, 0.2) is 0 Å². The molecule has 0 fully saturated rings. The highest BCUT2D eigenvalue weighted by molar-refractivity contribution is 7.13. The summed E-state index contributed by atoms with van der Waals surface area (Å²) in [5, 5.41) is 6.41. The first-order valence-corrected chi connectivity index (χ1v) is 9.06. The van der Waals surface area contributed by atoms with Crippen LogP contribution in [0.3, 0.4) is 0 Å². The summed E-state index contributed by atoms with van der Waals surface area (Å²) < 4.78 is 15.9. The van der Waals surface area contributed by atoms with Crippen LogP contribution in [0.4, 0.5) is 4.39 Å². The lowest BCUT2D eigenvalue weighted by Crippen LogP contribution is -2.12. The van der Waals surface area contributed by atoms with E-state index in [9.17, 15) is 4.39 Å². The van der Waals surface area contributed by atoms with E-state index in [0.29, 0.717) is 22.6 Å². The van der Waals surface area contributed by atoms with Crippen LogP contribution >= 0.6 is 22.7 Å². The Bertz CT molecular complexity index is 947. The number of hydrogen-bond donors (Lipinski definition) is 0. The second-order valence-corrected chi connectivity index (χ2v) is 7.17. The van der Waals surface area contributed by atoms with Crippen LogP contribution in [0.1, 0.15) is 9.75 Å². The molecule has 0 unspecified atom stereocenters. The van der Waals surface area contributed by atoms with Crippen molar-refractivity contribution in [2.24, 2.45) is 10.1 Å². The largest absolute Gasteiger partial charge is 0.253 e. The third-order valence-electron chi connectivity index (χ3n) is 3.25. The van der Waals surface area contributed by atoms with Gasteiger partial charge < -0.3 is 0 Å². The quantitative estimate of drug-likeness (QED) is 0.468.